The zero-order chi connectivity index (χ0) is 22.6. The molecular formula is C28H41N5. The summed E-state index contributed by atoms with van der Waals surface area (Å²) in [4.78, 5) is 9.31. The molecule has 33 heavy (non-hydrogen) atoms. The smallest absolute Gasteiger partial charge is 0.0435 e. The van der Waals surface area contributed by atoms with Crippen LogP contribution in [0.15, 0.2) is 53.4 Å². The van der Waals surface area contributed by atoms with Gasteiger partial charge in [-0.15, -0.1) is 0 Å². The van der Waals surface area contributed by atoms with Crippen LogP contribution in [0.25, 0.3) is 0 Å². The number of allylic oxidation sites excluding steroid dienone is 3. The fourth-order valence-electron chi connectivity index (χ4n) is 6.23. The molecule has 3 aliphatic heterocycles. The second kappa shape index (κ2) is 10.5. The van der Waals surface area contributed by atoms with E-state index in [1.54, 1.807) is 11.3 Å². The Bertz CT molecular complexity index is 878. The lowest BCUT2D eigenvalue weighted by Crippen LogP contribution is -2.43. The maximum absolute atomic E-state index is 4.32. The highest BCUT2D eigenvalue weighted by atomic mass is 15.2. The van der Waals surface area contributed by atoms with E-state index in [4.69, 9.17) is 0 Å². The van der Waals surface area contributed by atoms with Crippen LogP contribution >= 0.6 is 0 Å². The summed E-state index contributed by atoms with van der Waals surface area (Å²) in [6.45, 7) is 7.04. The molecule has 3 atom stereocenters. The zero-order valence-corrected chi connectivity index (χ0v) is 20.5. The van der Waals surface area contributed by atoms with Crippen LogP contribution in [0, 0.1) is 11.8 Å². The number of hydrogen-bond donors (Lipinski definition) is 2. The standard InChI is InChI=1S/C19H30N4.C9H11N/c1-22(2)13-17-7-18-14(10-21-17)5-3-4-6-19(18)23-11-15-8-20-9-16(15)12-23;1-2-6-9-8(4-1)5-3-7-10-9/h3,5-6,15-17,20-21H,4,7-13H2,1-2H3;3,5,7H,1-2,4,6H2. The topological polar surface area (TPSA) is 43.4 Å². The zero-order valence-electron chi connectivity index (χ0n) is 20.5. The summed E-state index contributed by atoms with van der Waals surface area (Å²) in [7, 11) is 4.34. The molecular weight excluding hydrogens is 406 g/mol. The van der Waals surface area contributed by atoms with Gasteiger partial charge in [0.15, 0.2) is 0 Å². The number of hydrogen-bond acceptors (Lipinski definition) is 5. The highest BCUT2D eigenvalue weighted by Crippen LogP contribution is 2.36. The minimum Gasteiger partial charge on any atom is -0.371 e. The summed E-state index contributed by atoms with van der Waals surface area (Å²) in [5.41, 5.74) is 7.46. The molecule has 2 saturated heterocycles. The van der Waals surface area contributed by atoms with E-state index in [9.17, 15) is 0 Å². The van der Waals surface area contributed by atoms with Gasteiger partial charge < -0.3 is 20.4 Å². The maximum Gasteiger partial charge on any atom is 0.0435 e. The molecule has 1 aromatic heterocycles. The van der Waals surface area contributed by atoms with Gasteiger partial charge in [-0.25, -0.2) is 0 Å². The van der Waals surface area contributed by atoms with E-state index in [0.717, 1.165) is 37.8 Å². The average molecular weight is 448 g/mol. The molecule has 4 heterocycles. The second-order valence-electron chi connectivity index (χ2n) is 10.7. The van der Waals surface area contributed by atoms with E-state index >= 15 is 0 Å². The Kier molecular flexibility index (Phi) is 7.29. The van der Waals surface area contributed by atoms with Crippen molar-refractivity contribution in [3.05, 3.63) is 64.7 Å². The first-order valence-corrected chi connectivity index (χ1v) is 13.0. The van der Waals surface area contributed by atoms with Crippen LogP contribution in [0.5, 0.6) is 0 Å². The number of rotatable bonds is 3. The molecule has 0 saturated carbocycles. The van der Waals surface area contributed by atoms with Crippen LogP contribution in [0.2, 0.25) is 0 Å². The van der Waals surface area contributed by atoms with Gasteiger partial charge in [-0.1, -0.05) is 24.3 Å². The molecule has 6 rings (SSSR count). The van der Waals surface area contributed by atoms with Gasteiger partial charge in [0.25, 0.3) is 0 Å². The highest BCUT2D eigenvalue weighted by molar-refractivity contribution is 5.45. The van der Waals surface area contributed by atoms with Gasteiger partial charge in [0, 0.05) is 62.9 Å². The van der Waals surface area contributed by atoms with E-state index in [2.05, 4.69) is 63.8 Å². The van der Waals surface area contributed by atoms with Crippen LogP contribution in [-0.2, 0) is 12.8 Å². The Labute approximate surface area is 200 Å². The van der Waals surface area contributed by atoms with E-state index in [0.29, 0.717) is 6.04 Å². The van der Waals surface area contributed by atoms with Crippen molar-refractivity contribution in [2.45, 2.75) is 44.6 Å². The van der Waals surface area contributed by atoms with Crippen molar-refractivity contribution >= 4 is 0 Å². The molecule has 5 aliphatic rings. The van der Waals surface area contributed by atoms with Gasteiger partial charge in [0.2, 0.25) is 0 Å². The van der Waals surface area contributed by atoms with Crippen LogP contribution in [0.1, 0.15) is 36.9 Å². The number of nitrogens with one attached hydrogen (secondary N) is 2. The first kappa shape index (κ1) is 22.8. The fourth-order valence-corrected chi connectivity index (χ4v) is 6.23. The Balaban J connectivity index is 0.000000190. The van der Waals surface area contributed by atoms with Crippen molar-refractivity contribution in [1.82, 2.24) is 25.4 Å². The van der Waals surface area contributed by atoms with Crippen molar-refractivity contribution < 1.29 is 0 Å². The number of aryl methyl sites for hydroxylation is 2. The lowest BCUT2D eigenvalue weighted by atomic mass is 9.92. The van der Waals surface area contributed by atoms with E-state index in [1.807, 2.05) is 12.3 Å². The molecule has 178 valence electrons. The monoisotopic (exact) mass is 447 g/mol. The minimum absolute atomic E-state index is 0.572. The van der Waals surface area contributed by atoms with E-state index in [1.165, 1.54) is 68.7 Å². The summed E-state index contributed by atoms with van der Waals surface area (Å²) in [6, 6.07) is 4.80. The Morgan fingerprint density at radius 3 is 2.73 bits per heavy atom. The lowest BCUT2D eigenvalue weighted by Gasteiger charge is -2.33. The number of nitrogens with zero attached hydrogens (tertiary/aromatic N) is 3. The second-order valence-corrected chi connectivity index (χ2v) is 10.7. The third-order valence-corrected chi connectivity index (χ3v) is 7.90. The molecule has 1 aromatic rings. The molecule has 0 amide bonds. The minimum atomic E-state index is 0.572. The van der Waals surface area contributed by atoms with Gasteiger partial charge in [-0.3, -0.25) is 4.98 Å². The SMILES string of the molecule is CN(C)CC1CC2=C(C=CCC=C2N2CC3CNCC3C2)CN1.c1cnc2c(c1)CCCC2. The Hall–Kier alpha value is -1.95. The van der Waals surface area contributed by atoms with Crippen molar-refractivity contribution in [2.24, 2.45) is 11.8 Å². The molecule has 0 aromatic carbocycles. The van der Waals surface area contributed by atoms with Gasteiger partial charge in [-0.2, -0.15) is 0 Å². The molecule has 0 bridgehead atoms. The molecule has 5 nitrogen and oxygen atoms in total. The van der Waals surface area contributed by atoms with Gasteiger partial charge in [0.05, 0.1) is 0 Å². The predicted molar refractivity (Wildman–Crippen MR) is 136 cm³/mol. The van der Waals surface area contributed by atoms with Crippen LogP contribution in [-0.4, -0.2) is 74.2 Å². The summed E-state index contributed by atoms with van der Waals surface area (Å²) < 4.78 is 0. The quantitative estimate of drug-likeness (QED) is 0.745. The largest absolute Gasteiger partial charge is 0.371 e. The van der Waals surface area contributed by atoms with Crippen molar-refractivity contribution in [3.8, 4) is 0 Å². The number of likely N-dealkylation sites (N-methyl/N-ethyl adjacent to an activating group) is 1. The number of pyridine rings is 1. The highest BCUT2D eigenvalue weighted by Gasteiger charge is 2.38. The Morgan fingerprint density at radius 1 is 1.12 bits per heavy atom. The summed E-state index contributed by atoms with van der Waals surface area (Å²) in [5, 5.41) is 7.28. The third kappa shape index (κ3) is 5.42. The summed E-state index contributed by atoms with van der Waals surface area (Å²) in [5.74, 6) is 1.71. The maximum atomic E-state index is 4.32. The number of fused-ring (bicyclic) bond motifs is 2. The Morgan fingerprint density at radius 2 is 1.94 bits per heavy atom. The van der Waals surface area contributed by atoms with Gasteiger partial charge in [-0.05, 0) is 87.2 Å². The predicted octanol–water partition coefficient (Wildman–Crippen LogP) is 3.16. The van der Waals surface area contributed by atoms with Gasteiger partial charge in [0.1, 0.15) is 0 Å². The molecule has 0 spiro atoms. The van der Waals surface area contributed by atoms with Gasteiger partial charge >= 0.3 is 0 Å². The molecule has 3 unspecified atom stereocenters. The normalized spacial score (nSPS) is 28.5. The van der Waals surface area contributed by atoms with Crippen LogP contribution in [0.4, 0.5) is 0 Å². The third-order valence-electron chi connectivity index (χ3n) is 7.90. The van der Waals surface area contributed by atoms with E-state index in [-0.39, 0.29) is 0 Å². The summed E-state index contributed by atoms with van der Waals surface area (Å²) in [6.07, 6.45) is 16.4. The summed E-state index contributed by atoms with van der Waals surface area (Å²) >= 11 is 0. The molecule has 2 aliphatic carbocycles. The number of aromatic nitrogens is 1. The van der Waals surface area contributed by atoms with Crippen molar-refractivity contribution in [2.75, 3.05) is 53.4 Å². The van der Waals surface area contributed by atoms with Crippen molar-refractivity contribution in [1.29, 1.82) is 0 Å². The molecule has 2 fully saturated rings. The first-order valence-electron chi connectivity index (χ1n) is 13.0. The average Bonchev–Trinajstić information content (AvgIpc) is 3.36. The first-order chi connectivity index (χ1) is 16.2. The van der Waals surface area contributed by atoms with Crippen LogP contribution in [0.3, 0.4) is 0 Å². The van der Waals surface area contributed by atoms with E-state index < -0.39 is 0 Å². The fraction of sp³-hybridized carbons (Fsp3) is 0.607. The molecule has 0 radical (unpaired) electrons. The van der Waals surface area contributed by atoms with Crippen molar-refractivity contribution in [3.63, 3.8) is 0 Å². The van der Waals surface area contributed by atoms with Crippen LogP contribution < -0.4 is 10.6 Å². The lowest BCUT2D eigenvalue weighted by molar-refractivity contribution is 0.327. The number of likely N-dealkylation sites (tertiary alicyclic amines) is 1. The molecule has 2 N–H and O–H groups in total. The molecule has 5 heteroatoms.